The van der Waals surface area contributed by atoms with Crippen molar-refractivity contribution in [2.75, 3.05) is 50.6 Å². The molecule has 0 bridgehead atoms. The second kappa shape index (κ2) is 16.0. The van der Waals surface area contributed by atoms with Gasteiger partial charge in [-0.05, 0) is 32.2 Å². The van der Waals surface area contributed by atoms with Gasteiger partial charge in [-0.15, -0.1) is 0 Å². The van der Waals surface area contributed by atoms with Gasteiger partial charge in [-0.3, -0.25) is 9.89 Å². The zero-order valence-corrected chi connectivity index (χ0v) is 20.6. The molecule has 1 unspecified atom stereocenters. The fourth-order valence-electron chi connectivity index (χ4n) is 2.54. The third-order valence-electron chi connectivity index (χ3n) is 4.15. The Hall–Kier alpha value is -2.74. The number of anilines is 2. The molecule has 0 fully saturated rings. The molecule has 8 nitrogen and oxygen atoms in total. The average molecular weight is 435 g/mol. The number of hydrogen-bond donors (Lipinski definition) is 3. The number of hydrogen-bond acceptors (Lipinski definition) is 5. The Labute approximate surface area is 188 Å². The highest BCUT2D eigenvalue weighted by Crippen LogP contribution is 2.35. The van der Waals surface area contributed by atoms with Gasteiger partial charge in [-0.1, -0.05) is 40.7 Å². The molecule has 0 radical (unpaired) electrons. The van der Waals surface area contributed by atoms with Gasteiger partial charge in [-0.25, -0.2) is 4.79 Å². The molecule has 0 spiro atoms. The van der Waals surface area contributed by atoms with Crippen LogP contribution < -0.4 is 30.5 Å². The molecule has 1 aliphatic heterocycles. The first kappa shape index (κ1) is 28.3. The summed E-state index contributed by atoms with van der Waals surface area (Å²) < 4.78 is 5.75. The largest absolute Gasteiger partial charge is 0.490 e. The summed E-state index contributed by atoms with van der Waals surface area (Å²) in [6.45, 7) is 16.1. The van der Waals surface area contributed by atoms with Crippen molar-refractivity contribution in [2.45, 2.75) is 47.2 Å². The fraction of sp³-hybridized carbons (Fsp3) is 0.565. The Balaban J connectivity index is 0.00000165. The van der Waals surface area contributed by atoms with Gasteiger partial charge in [-0.2, -0.15) is 0 Å². The number of nitrogens with zero attached hydrogens (tertiary/aromatic N) is 3. The van der Waals surface area contributed by atoms with Crippen LogP contribution in [0.25, 0.3) is 0 Å². The lowest BCUT2D eigenvalue weighted by Crippen LogP contribution is -2.47. The maximum absolute atomic E-state index is 12.3. The number of fused-ring (bicyclic) bond motifs is 1. The van der Waals surface area contributed by atoms with Crippen molar-refractivity contribution in [3.8, 4) is 5.75 Å². The summed E-state index contributed by atoms with van der Waals surface area (Å²) in [7, 11) is 5.24. The highest BCUT2D eigenvalue weighted by atomic mass is 16.5. The number of ether oxygens (including phenoxy) is 1. The summed E-state index contributed by atoms with van der Waals surface area (Å²) in [6.07, 6.45) is 2.75. The standard InChI is InChI=1S/C18H28N6O2.C3H8.C2H6/c1-13(21-12-19-3)11-24-8-9-26-17-7-6-15(10-16(17)24)23(5)18(25)22-14(2)20-4;1-3-2;1-2/h6-7,10,12,14,20H,1,8-9,11H2,2-5H3,(H,19,21)(H,22,25);3H2,1-2H3;1-2H3. The number of nitrogens with one attached hydrogen (secondary N) is 3. The Morgan fingerprint density at radius 3 is 2.61 bits per heavy atom. The predicted octanol–water partition coefficient (Wildman–Crippen LogP) is 3.80. The van der Waals surface area contributed by atoms with E-state index < -0.39 is 0 Å². The van der Waals surface area contributed by atoms with E-state index in [1.165, 1.54) is 6.42 Å². The minimum atomic E-state index is -0.180. The quantitative estimate of drug-likeness (QED) is 0.345. The van der Waals surface area contributed by atoms with Crippen molar-refractivity contribution in [1.29, 1.82) is 0 Å². The van der Waals surface area contributed by atoms with Crippen LogP contribution >= 0.6 is 0 Å². The molecule has 1 aliphatic rings. The number of urea groups is 1. The molecule has 31 heavy (non-hydrogen) atoms. The monoisotopic (exact) mass is 434 g/mol. The SMILES string of the molecule is C=C(CN1CCOc2ccc(N(C)C(=O)NC(C)NC)cc21)NC=NC.CC.CCC. The molecule has 1 aromatic carbocycles. The molecule has 1 aromatic rings. The van der Waals surface area contributed by atoms with E-state index in [4.69, 9.17) is 4.74 Å². The molecule has 8 heteroatoms. The molecular weight excluding hydrogens is 392 g/mol. The van der Waals surface area contributed by atoms with Crippen molar-refractivity contribution in [3.63, 3.8) is 0 Å². The first-order valence-corrected chi connectivity index (χ1v) is 11.0. The number of amides is 2. The molecule has 1 atom stereocenters. The van der Waals surface area contributed by atoms with Crippen LogP contribution in [-0.4, -0.2) is 59.4 Å². The van der Waals surface area contributed by atoms with Crippen LogP contribution in [0.15, 0.2) is 35.5 Å². The highest BCUT2D eigenvalue weighted by molar-refractivity contribution is 5.92. The Morgan fingerprint density at radius 2 is 2.03 bits per heavy atom. The van der Waals surface area contributed by atoms with Gasteiger partial charge in [0, 0.05) is 25.5 Å². The summed E-state index contributed by atoms with van der Waals surface area (Å²) in [6, 6.07) is 5.55. The van der Waals surface area contributed by atoms with Crippen LogP contribution in [0.1, 0.15) is 41.0 Å². The molecule has 3 N–H and O–H groups in total. The van der Waals surface area contributed by atoms with Crippen molar-refractivity contribution in [1.82, 2.24) is 16.0 Å². The van der Waals surface area contributed by atoms with Crippen LogP contribution in [0.5, 0.6) is 5.75 Å². The Morgan fingerprint density at radius 1 is 1.39 bits per heavy atom. The third-order valence-corrected chi connectivity index (χ3v) is 4.15. The van der Waals surface area contributed by atoms with E-state index in [9.17, 15) is 4.79 Å². The van der Waals surface area contributed by atoms with E-state index in [2.05, 4.69) is 46.3 Å². The van der Waals surface area contributed by atoms with Crippen LogP contribution in [-0.2, 0) is 0 Å². The van der Waals surface area contributed by atoms with Crippen LogP contribution in [0.4, 0.5) is 16.2 Å². The van der Waals surface area contributed by atoms with Crippen LogP contribution in [0.3, 0.4) is 0 Å². The predicted molar refractivity (Wildman–Crippen MR) is 134 cm³/mol. The van der Waals surface area contributed by atoms with E-state index in [1.807, 2.05) is 39.0 Å². The van der Waals surface area contributed by atoms with Crippen LogP contribution in [0.2, 0.25) is 0 Å². The second-order valence-electron chi connectivity index (χ2n) is 6.78. The fourth-order valence-corrected chi connectivity index (χ4v) is 2.54. The van der Waals surface area contributed by atoms with Gasteiger partial charge in [0.25, 0.3) is 0 Å². The lowest BCUT2D eigenvalue weighted by atomic mass is 10.2. The van der Waals surface area contributed by atoms with Crippen molar-refractivity contribution >= 4 is 23.7 Å². The van der Waals surface area contributed by atoms with Crippen molar-refractivity contribution < 1.29 is 9.53 Å². The molecule has 0 saturated carbocycles. The number of rotatable bonds is 7. The summed E-state index contributed by atoms with van der Waals surface area (Å²) in [4.78, 5) is 20.0. The smallest absolute Gasteiger partial charge is 0.322 e. The third kappa shape index (κ3) is 9.74. The van der Waals surface area contributed by atoms with E-state index in [1.54, 1.807) is 32.4 Å². The minimum Gasteiger partial charge on any atom is -0.490 e. The topological polar surface area (TPSA) is 81.2 Å². The number of benzene rings is 1. The summed E-state index contributed by atoms with van der Waals surface area (Å²) >= 11 is 0. The van der Waals surface area contributed by atoms with Crippen molar-refractivity contribution in [3.05, 3.63) is 30.5 Å². The summed E-state index contributed by atoms with van der Waals surface area (Å²) in [5, 5.41) is 8.89. The van der Waals surface area contributed by atoms with Gasteiger partial charge < -0.3 is 25.6 Å². The molecule has 1 heterocycles. The van der Waals surface area contributed by atoms with Crippen LogP contribution in [0, 0.1) is 0 Å². The summed E-state index contributed by atoms with van der Waals surface area (Å²) in [5.74, 6) is 0.800. The van der Waals surface area contributed by atoms with Gasteiger partial charge in [0.15, 0.2) is 0 Å². The van der Waals surface area contributed by atoms with E-state index in [-0.39, 0.29) is 12.2 Å². The van der Waals surface area contributed by atoms with E-state index >= 15 is 0 Å². The van der Waals surface area contributed by atoms with Gasteiger partial charge >= 0.3 is 6.03 Å². The minimum absolute atomic E-state index is 0.114. The zero-order chi connectivity index (χ0) is 23.8. The Bertz CT molecular complexity index is 693. The van der Waals surface area contributed by atoms with E-state index in [0.717, 1.165) is 29.4 Å². The Kier molecular flexibility index (Phi) is 14.6. The number of carbonyl (C=O) groups excluding carboxylic acids is 1. The maximum atomic E-state index is 12.3. The molecule has 2 amide bonds. The molecule has 0 saturated heterocycles. The normalized spacial score (nSPS) is 12.8. The molecule has 0 aromatic heterocycles. The first-order valence-electron chi connectivity index (χ1n) is 11.0. The average Bonchev–Trinajstić information content (AvgIpc) is 2.78. The van der Waals surface area contributed by atoms with Gasteiger partial charge in [0.05, 0.1) is 31.3 Å². The first-order chi connectivity index (χ1) is 14.9. The number of carbonyl (C=O) groups is 1. The molecule has 2 rings (SSSR count). The number of aliphatic imine (C=N–C) groups is 1. The summed E-state index contributed by atoms with van der Waals surface area (Å²) in [5.41, 5.74) is 2.56. The molecule has 0 aliphatic carbocycles. The molecular formula is C23H42N6O2. The van der Waals surface area contributed by atoms with Crippen molar-refractivity contribution in [2.24, 2.45) is 4.99 Å². The van der Waals surface area contributed by atoms with Gasteiger partial charge in [0.2, 0.25) is 0 Å². The maximum Gasteiger partial charge on any atom is 0.322 e. The lowest BCUT2D eigenvalue weighted by Gasteiger charge is -2.33. The molecule has 176 valence electrons. The highest BCUT2D eigenvalue weighted by Gasteiger charge is 2.21. The van der Waals surface area contributed by atoms with Gasteiger partial charge in [0.1, 0.15) is 12.4 Å². The van der Waals surface area contributed by atoms with E-state index in [0.29, 0.717) is 13.2 Å². The zero-order valence-electron chi connectivity index (χ0n) is 20.6. The lowest BCUT2D eigenvalue weighted by molar-refractivity contribution is 0.243. The second-order valence-corrected chi connectivity index (χ2v) is 6.78.